The summed E-state index contributed by atoms with van der Waals surface area (Å²) in [5, 5.41) is 5.80. The first-order chi connectivity index (χ1) is 11.5. The zero-order valence-electron chi connectivity index (χ0n) is 14.1. The molecule has 0 saturated heterocycles. The van der Waals surface area contributed by atoms with Gasteiger partial charge in [0, 0.05) is 32.7 Å². The molecule has 1 aliphatic rings. The number of anilines is 1. The van der Waals surface area contributed by atoms with Gasteiger partial charge < -0.3 is 20.3 Å². The van der Waals surface area contributed by atoms with Crippen molar-refractivity contribution in [1.29, 1.82) is 0 Å². The quantitative estimate of drug-likeness (QED) is 0.824. The van der Waals surface area contributed by atoms with Gasteiger partial charge in [-0.05, 0) is 43.9 Å². The number of halogens is 1. The minimum Gasteiger partial charge on any atom is -0.489 e. The highest BCUT2D eigenvalue weighted by molar-refractivity contribution is 6.32. The SMILES string of the molecule is CN(C)C(=O)CCNC(=O)Nc1ccc(OC2CCCC2)c(Cl)c1. The number of rotatable bonds is 6. The normalized spacial score (nSPS) is 14.3. The van der Waals surface area contributed by atoms with Crippen molar-refractivity contribution in [3.63, 3.8) is 0 Å². The number of hydrogen-bond donors (Lipinski definition) is 2. The van der Waals surface area contributed by atoms with Crippen LogP contribution < -0.4 is 15.4 Å². The summed E-state index contributed by atoms with van der Waals surface area (Å²) >= 11 is 6.23. The highest BCUT2D eigenvalue weighted by Gasteiger charge is 2.18. The highest BCUT2D eigenvalue weighted by Crippen LogP contribution is 2.31. The van der Waals surface area contributed by atoms with Gasteiger partial charge in [-0.1, -0.05) is 11.6 Å². The second-order valence-corrected chi connectivity index (χ2v) is 6.50. The second kappa shape index (κ2) is 8.78. The standard InChI is InChI=1S/C17H24ClN3O3/c1-21(2)16(22)9-10-19-17(23)20-12-7-8-15(14(18)11-12)24-13-5-3-4-6-13/h7-8,11,13H,3-6,9-10H2,1-2H3,(H2,19,20,23). The first-order valence-corrected chi connectivity index (χ1v) is 8.54. The number of carbonyl (C=O) groups is 2. The molecule has 0 unspecified atom stereocenters. The maximum atomic E-state index is 11.8. The molecule has 1 aromatic carbocycles. The molecule has 0 spiro atoms. The lowest BCUT2D eigenvalue weighted by Crippen LogP contribution is -2.33. The van der Waals surface area contributed by atoms with Gasteiger partial charge >= 0.3 is 6.03 Å². The fraction of sp³-hybridized carbons (Fsp3) is 0.529. The van der Waals surface area contributed by atoms with Gasteiger partial charge in [0.1, 0.15) is 5.75 Å². The fourth-order valence-electron chi connectivity index (χ4n) is 2.54. The lowest BCUT2D eigenvalue weighted by molar-refractivity contribution is -0.128. The van der Waals surface area contributed by atoms with Gasteiger partial charge in [0.15, 0.2) is 0 Å². The summed E-state index contributed by atoms with van der Waals surface area (Å²) in [6.45, 7) is 0.277. The number of amides is 3. The minimum atomic E-state index is -0.373. The summed E-state index contributed by atoms with van der Waals surface area (Å²) in [5.74, 6) is 0.609. The third kappa shape index (κ3) is 5.60. The Morgan fingerprint density at radius 1 is 1.29 bits per heavy atom. The van der Waals surface area contributed by atoms with Crippen LogP contribution in [0, 0.1) is 0 Å². The summed E-state index contributed by atoms with van der Waals surface area (Å²) in [7, 11) is 3.36. The second-order valence-electron chi connectivity index (χ2n) is 6.09. The number of ether oxygens (including phenoxy) is 1. The molecule has 2 rings (SSSR count). The Balaban J connectivity index is 1.80. The molecule has 1 fully saturated rings. The van der Waals surface area contributed by atoms with E-state index >= 15 is 0 Å². The van der Waals surface area contributed by atoms with Crippen LogP contribution in [0.4, 0.5) is 10.5 Å². The van der Waals surface area contributed by atoms with Gasteiger partial charge in [-0.3, -0.25) is 4.79 Å². The topological polar surface area (TPSA) is 70.7 Å². The number of hydrogen-bond acceptors (Lipinski definition) is 3. The van der Waals surface area contributed by atoms with Crippen molar-refractivity contribution in [2.75, 3.05) is 26.0 Å². The van der Waals surface area contributed by atoms with Gasteiger partial charge in [0.05, 0.1) is 11.1 Å². The largest absolute Gasteiger partial charge is 0.489 e. The molecular formula is C17H24ClN3O3. The van der Waals surface area contributed by atoms with Crippen molar-refractivity contribution >= 4 is 29.2 Å². The van der Waals surface area contributed by atoms with Crippen LogP contribution >= 0.6 is 11.6 Å². The molecule has 0 radical (unpaired) electrons. The van der Waals surface area contributed by atoms with E-state index < -0.39 is 0 Å². The molecule has 2 N–H and O–H groups in total. The van der Waals surface area contributed by atoms with E-state index in [1.165, 1.54) is 17.7 Å². The van der Waals surface area contributed by atoms with Crippen LogP contribution in [0.25, 0.3) is 0 Å². The first kappa shape index (κ1) is 18.4. The fourth-order valence-corrected chi connectivity index (χ4v) is 2.77. The van der Waals surface area contributed by atoms with Crippen LogP contribution in [0.3, 0.4) is 0 Å². The zero-order valence-corrected chi connectivity index (χ0v) is 14.9. The molecule has 6 nitrogen and oxygen atoms in total. The number of urea groups is 1. The molecule has 1 aliphatic carbocycles. The van der Waals surface area contributed by atoms with E-state index in [0.717, 1.165) is 12.8 Å². The molecule has 0 atom stereocenters. The lowest BCUT2D eigenvalue weighted by atomic mass is 10.2. The smallest absolute Gasteiger partial charge is 0.319 e. The zero-order chi connectivity index (χ0) is 17.5. The van der Waals surface area contributed by atoms with E-state index in [2.05, 4.69) is 10.6 Å². The van der Waals surface area contributed by atoms with Gasteiger partial charge in [-0.2, -0.15) is 0 Å². The van der Waals surface area contributed by atoms with Crippen molar-refractivity contribution in [1.82, 2.24) is 10.2 Å². The predicted octanol–water partition coefficient (Wildman–Crippen LogP) is 3.26. The predicted molar refractivity (Wildman–Crippen MR) is 94.7 cm³/mol. The summed E-state index contributed by atoms with van der Waals surface area (Å²) in [4.78, 5) is 24.7. The first-order valence-electron chi connectivity index (χ1n) is 8.17. The Morgan fingerprint density at radius 3 is 2.62 bits per heavy atom. The van der Waals surface area contributed by atoms with E-state index in [1.54, 1.807) is 32.3 Å². The summed E-state index contributed by atoms with van der Waals surface area (Å²) in [6.07, 6.45) is 5.00. The van der Waals surface area contributed by atoms with E-state index in [0.29, 0.717) is 16.5 Å². The van der Waals surface area contributed by atoms with Crippen LogP contribution in [0.15, 0.2) is 18.2 Å². The molecule has 132 valence electrons. The molecule has 0 aromatic heterocycles. The Labute approximate surface area is 147 Å². The molecule has 0 bridgehead atoms. The third-order valence-electron chi connectivity index (χ3n) is 3.91. The van der Waals surface area contributed by atoms with Crippen molar-refractivity contribution < 1.29 is 14.3 Å². The Bertz CT molecular complexity index is 586. The van der Waals surface area contributed by atoms with Crippen molar-refractivity contribution in [2.45, 2.75) is 38.2 Å². The number of carbonyl (C=O) groups excluding carboxylic acids is 2. The average molecular weight is 354 g/mol. The summed E-state index contributed by atoms with van der Waals surface area (Å²) in [6, 6.07) is 4.81. The van der Waals surface area contributed by atoms with Crippen molar-refractivity contribution in [2.24, 2.45) is 0 Å². The molecule has 0 heterocycles. The average Bonchev–Trinajstić information content (AvgIpc) is 3.03. The van der Waals surface area contributed by atoms with Crippen molar-refractivity contribution in [3.8, 4) is 5.75 Å². The van der Waals surface area contributed by atoms with Gasteiger partial charge in [-0.25, -0.2) is 4.79 Å². The van der Waals surface area contributed by atoms with Crippen LogP contribution in [-0.2, 0) is 4.79 Å². The van der Waals surface area contributed by atoms with Crippen LogP contribution in [-0.4, -0.2) is 43.6 Å². The van der Waals surface area contributed by atoms with Crippen LogP contribution in [0.5, 0.6) is 5.75 Å². The summed E-state index contributed by atoms with van der Waals surface area (Å²) in [5.41, 5.74) is 0.579. The maximum absolute atomic E-state index is 11.8. The van der Waals surface area contributed by atoms with Gasteiger partial charge in [0.2, 0.25) is 5.91 Å². The van der Waals surface area contributed by atoms with E-state index in [1.807, 2.05) is 0 Å². The van der Waals surface area contributed by atoms with Crippen LogP contribution in [0.2, 0.25) is 5.02 Å². The monoisotopic (exact) mass is 353 g/mol. The highest BCUT2D eigenvalue weighted by atomic mass is 35.5. The lowest BCUT2D eigenvalue weighted by Gasteiger charge is -2.15. The maximum Gasteiger partial charge on any atom is 0.319 e. The van der Waals surface area contributed by atoms with Crippen LogP contribution in [0.1, 0.15) is 32.1 Å². The Kier molecular flexibility index (Phi) is 6.73. The van der Waals surface area contributed by atoms with E-state index in [9.17, 15) is 9.59 Å². The van der Waals surface area contributed by atoms with E-state index in [4.69, 9.17) is 16.3 Å². The summed E-state index contributed by atoms with van der Waals surface area (Å²) < 4.78 is 5.88. The third-order valence-corrected chi connectivity index (χ3v) is 4.20. The molecule has 1 aromatic rings. The molecule has 24 heavy (non-hydrogen) atoms. The molecular weight excluding hydrogens is 330 g/mol. The van der Waals surface area contributed by atoms with E-state index in [-0.39, 0.29) is 31.0 Å². The van der Waals surface area contributed by atoms with Crippen molar-refractivity contribution in [3.05, 3.63) is 23.2 Å². The Hall–Kier alpha value is -1.95. The minimum absolute atomic E-state index is 0.0354. The number of nitrogens with zero attached hydrogens (tertiary/aromatic N) is 1. The van der Waals surface area contributed by atoms with Gasteiger partial charge in [0.25, 0.3) is 0 Å². The van der Waals surface area contributed by atoms with Gasteiger partial charge in [-0.15, -0.1) is 0 Å². The molecule has 1 saturated carbocycles. The molecule has 7 heteroatoms. The number of nitrogens with one attached hydrogen (secondary N) is 2. The molecule has 0 aliphatic heterocycles. The molecule has 3 amide bonds. The Morgan fingerprint density at radius 2 is 2.00 bits per heavy atom. The number of benzene rings is 1.